The van der Waals surface area contributed by atoms with E-state index in [0.29, 0.717) is 0 Å². The van der Waals surface area contributed by atoms with Gasteiger partial charge in [0.05, 0.1) is 5.56 Å². The van der Waals surface area contributed by atoms with Crippen LogP contribution in [0.5, 0.6) is 0 Å². The summed E-state index contributed by atoms with van der Waals surface area (Å²) >= 11 is 1.56. The predicted octanol–water partition coefficient (Wildman–Crippen LogP) is 4.96. The van der Waals surface area contributed by atoms with E-state index in [1.807, 2.05) is 24.3 Å². The fourth-order valence-electron chi connectivity index (χ4n) is 2.05. The average molecular weight is 330 g/mol. The Hall–Kier alpha value is -2.47. The average Bonchev–Trinajstić information content (AvgIpc) is 3.02. The van der Waals surface area contributed by atoms with Crippen LogP contribution >= 0.6 is 11.8 Å². The highest BCUT2D eigenvalue weighted by molar-refractivity contribution is 7.99. The van der Waals surface area contributed by atoms with Crippen LogP contribution in [0, 0.1) is 11.6 Å². The zero-order chi connectivity index (χ0) is 16.2. The minimum atomic E-state index is -0.741. The monoisotopic (exact) mass is 330 g/mol. The van der Waals surface area contributed by atoms with Gasteiger partial charge in [-0.3, -0.25) is 0 Å². The highest BCUT2D eigenvalue weighted by atomic mass is 32.2. The maximum absolute atomic E-state index is 13.8. The van der Waals surface area contributed by atoms with Crippen molar-refractivity contribution in [3.8, 4) is 22.9 Å². The van der Waals surface area contributed by atoms with Gasteiger partial charge in [0.2, 0.25) is 5.89 Å². The van der Waals surface area contributed by atoms with E-state index < -0.39 is 11.6 Å². The molecule has 3 rings (SSSR count). The van der Waals surface area contributed by atoms with Crippen molar-refractivity contribution in [2.45, 2.75) is 4.90 Å². The molecule has 0 aliphatic rings. The molecule has 23 heavy (non-hydrogen) atoms. The van der Waals surface area contributed by atoms with Gasteiger partial charge in [0.1, 0.15) is 17.2 Å². The number of thioether (sulfide) groups is 1. The Balaban J connectivity index is 2.02. The molecule has 0 radical (unpaired) electrons. The number of aromatic nitrogens is 2. The minimum Gasteiger partial charge on any atom is -0.416 e. The fourth-order valence-corrected chi connectivity index (χ4v) is 2.84. The Morgan fingerprint density at radius 2 is 1.70 bits per heavy atom. The van der Waals surface area contributed by atoms with Gasteiger partial charge in [-0.05, 0) is 24.3 Å². The summed E-state index contributed by atoms with van der Waals surface area (Å²) in [5, 5.41) is 7.70. The third kappa shape index (κ3) is 3.17. The number of hydrogen-bond acceptors (Lipinski definition) is 4. The van der Waals surface area contributed by atoms with Crippen molar-refractivity contribution < 1.29 is 13.2 Å². The summed E-state index contributed by atoms with van der Waals surface area (Å²) in [6.45, 7) is 3.69. The van der Waals surface area contributed by atoms with E-state index in [-0.39, 0.29) is 17.3 Å². The van der Waals surface area contributed by atoms with Crippen LogP contribution in [-0.2, 0) is 0 Å². The topological polar surface area (TPSA) is 38.9 Å². The SMILES string of the molecule is C=CCSc1ccccc1-c1nnc(-c2c(F)cccc2F)o1. The van der Waals surface area contributed by atoms with Crippen LogP contribution < -0.4 is 0 Å². The van der Waals surface area contributed by atoms with E-state index in [2.05, 4.69) is 16.8 Å². The summed E-state index contributed by atoms with van der Waals surface area (Å²) in [7, 11) is 0. The molecule has 0 aliphatic heterocycles. The lowest BCUT2D eigenvalue weighted by molar-refractivity contribution is 0.547. The molecule has 6 heteroatoms. The summed E-state index contributed by atoms with van der Waals surface area (Å²) < 4.78 is 33.1. The van der Waals surface area contributed by atoms with Gasteiger partial charge in [-0.1, -0.05) is 24.3 Å². The lowest BCUT2D eigenvalue weighted by atomic mass is 10.2. The molecular weight excluding hydrogens is 318 g/mol. The van der Waals surface area contributed by atoms with Gasteiger partial charge < -0.3 is 4.42 Å². The van der Waals surface area contributed by atoms with Crippen LogP contribution in [0.25, 0.3) is 22.9 Å². The molecule has 0 fully saturated rings. The van der Waals surface area contributed by atoms with E-state index in [1.165, 1.54) is 6.07 Å². The Morgan fingerprint density at radius 1 is 1.00 bits per heavy atom. The fraction of sp³-hybridized carbons (Fsp3) is 0.0588. The summed E-state index contributed by atoms with van der Waals surface area (Å²) in [5.41, 5.74) is 0.400. The summed E-state index contributed by atoms with van der Waals surface area (Å²) in [5.74, 6) is -0.724. The zero-order valence-electron chi connectivity index (χ0n) is 12.0. The third-order valence-corrected chi connectivity index (χ3v) is 4.15. The molecule has 0 atom stereocenters. The second kappa shape index (κ2) is 6.75. The molecule has 0 spiro atoms. The maximum atomic E-state index is 13.8. The Labute approximate surface area is 136 Å². The number of benzene rings is 2. The quantitative estimate of drug-likeness (QED) is 0.489. The minimum absolute atomic E-state index is 0.181. The Bertz CT molecular complexity index is 828. The van der Waals surface area contributed by atoms with E-state index in [0.717, 1.165) is 28.3 Å². The van der Waals surface area contributed by atoms with Gasteiger partial charge in [-0.15, -0.1) is 28.5 Å². The van der Waals surface area contributed by atoms with Crippen LogP contribution in [0.4, 0.5) is 8.78 Å². The van der Waals surface area contributed by atoms with E-state index >= 15 is 0 Å². The van der Waals surface area contributed by atoms with Crippen molar-refractivity contribution in [1.82, 2.24) is 10.2 Å². The molecule has 2 aromatic carbocycles. The molecule has 116 valence electrons. The highest BCUT2D eigenvalue weighted by Crippen LogP contribution is 2.33. The van der Waals surface area contributed by atoms with Crippen LogP contribution in [-0.4, -0.2) is 16.0 Å². The van der Waals surface area contributed by atoms with Gasteiger partial charge in [-0.2, -0.15) is 0 Å². The van der Waals surface area contributed by atoms with Crippen molar-refractivity contribution >= 4 is 11.8 Å². The molecule has 3 aromatic rings. The third-order valence-electron chi connectivity index (χ3n) is 3.08. The summed E-state index contributed by atoms with van der Waals surface area (Å²) in [6, 6.07) is 11.0. The number of rotatable bonds is 5. The van der Waals surface area contributed by atoms with E-state index in [4.69, 9.17) is 4.42 Å². The number of nitrogens with zero attached hydrogens (tertiary/aromatic N) is 2. The molecule has 0 unspecified atom stereocenters. The maximum Gasteiger partial charge on any atom is 0.254 e. The second-order valence-electron chi connectivity index (χ2n) is 4.60. The normalized spacial score (nSPS) is 10.7. The van der Waals surface area contributed by atoms with Crippen molar-refractivity contribution in [1.29, 1.82) is 0 Å². The first-order valence-corrected chi connectivity index (χ1v) is 7.80. The number of hydrogen-bond donors (Lipinski definition) is 0. The van der Waals surface area contributed by atoms with Crippen molar-refractivity contribution in [3.63, 3.8) is 0 Å². The smallest absolute Gasteiger partial charge is 0.254 e. The molecule has 0 bridgehead atoms. The van der Waals surface area contributed by atoms with Crippen LogP contribution in [0.15, 0.2) is 64.4 Å². The van der Waals surface area contributed by atoms with E-state index in [1.54, 1.807) is 17.8 Å². The standard InChI is InChI=1S/C17H12F2N2OS/c1-2-10-23-14-9-4-3-6-11(14)16-20-21-17(22-16)15-12(18)7-5-8-13(15)19/h2-9H,1,10H2. The molecule has 3 nitrogen and oxygen atoms in total. The number of halogens is 2. The van der Waals surface area contributed by atoms with Crippen molar-refractivity contribution in [3.05, 3.63) is 66.8 Å². The lowest BCUT2D eigenvalue weighted by Crippen LogP contribution is -1.89. The van der Waals surface area contributed by atoms with Gasteiger partial charge in [0.15, 0.2) is 0 Å². The first-order valence-electron chi connectivity index (χ1n) is 6.81. The largest absolute Gasteiger partial charge is 0.416 e. The lowest BCUT2D eigenvalue weighted by Gasteiger charge is -2.04. The van der Waals surface area contributed by atoms with Gasteiger partial charge in [-0.25, -0.2) is 8.78 Å². The first-order chi connectivity index (χ1) is 11.2. The van der Waals surface area contributed by atoms with E-state index in [9.17, 15) is 8.78 Å². The molecule has 0 N–H and O–H groups in total. The molecule has 0 amide bonds. The molecule has 1 aromatic heterocycles. The van der Waals surface area contributed by atoms with Gasteiger partial charge in [0, 0.05) is 10.6 Å². The second-order valence-corrected chi connectivity index (χ2v) is 5.67. The molecule has 0 aliphatic carbocycles. The summed E-state index contributed by atoms with van der Waals surface area (Å²) in [4.78, 5) is 0.927. The van der Waals surface area contributed by atoms with Gasteiger partial charge in [0.25, 0.3) is 5.89 Å². The van der Waals surface area contributed by atoms with Crippen LogP contribution in [0.1, 0.15) is 0 Å². The van der Waals surface area contributed by atoms with Crippen molar-refractivity contribution in [2.75, 3.05) is 5.75 Å². The van der Waals surface area contributed by atoms with Crippen LogP contribution in [0.3, 0.4) is 0 Å². The first kappa shape index (κ1) is 15.4. The molecular formula is C17H12F2N2OS. The predicted molar refractivity (Wildman–Crippen MR) is 86.0 cm³/mol. The highest BCUT2D eigenvalue weighted by Gasteiger charge is 2.19. The molecule has 1 heterocycles. The zero-order valence-corrected chi connectivity index (χ0v) is 12.8. The van der Waals surface area contributed by atoms with Gasteiger partial charge >= 0.3 is 0 Å². The molecule has 0 saturated carbocycles. The summed E-state index contributed by atoms with van der Waals surface area (Å²) in [6.07, 6.45) is 1.79. The van der Waals surface area contributed by atoms with Crippen molar-refractivity contribution in [2.24, 2.45) is 0 Å². The Kier molecular flexibility index (Phi) is 4.52. The molecule has 0 saturated heterocycles. The van der Waals surface area contributed by atoms with Crippen LogP contribution in [0.2, 0.25) is 0 Å². The Morgan fingerprint density at radius 3 is 2.43 bits per heavy atom.